The highest BCUT2D eigenvalue weighted by molar-refractivity contribution is 5.99. The lowest BCUT2D eigenvalue weighted by molar-refractivity contribution is -0.120. The molecule has 4 nitrogen and oxygen atoms in total. The molecule has 0 saturated carbocycles. The molecule has 156 valence electrons. The first-order valence-corrected chi connectivity index (χ1v) is 10.2. The number of amides is 1. The van der Waals surface area contributed by atoms with Crippen molar-refractivity contribution in [3.8, 4) is 0 Å². The van der Waals surface area contributed by atoms with E-state index in [9.17, 15) is 9.18 Å². The molecule has 0 aliphatic rings. The third kappa shape index (κ3) is 4.89. The molecule has 0 unspecified atom stereocenters. The van der Waals surface area contributed by atoms with E-state index in [0.29, 0.717) is 6.54 Å². The van der Waals surface area contributed by atoms with Crippen LogP contribution in [0.25, 0.3) is 10.9 Å². The molecule has 0 aliphatic carbocycles. The van der Waals surface area contributed by atoms with Gasteiger partial charge in [-0.2, -0.15) is 5.10 Å². The van der Waals surface area contributed by atoms with Crippen LogP contribution in [0.15, 0.2) is 78.0 Å². The first-order chi connectivity index (χ1) is 15.0. The number of hydrogen-bond donors (Lipinski definition) is 1. The molecule has 5 heteroatoms. The zero-order chi connectivity index (χ0) is 21.8. The van der Waals surface area contributed by atoms with Crippen molar-refractivity contribution in [1.29, 1.82) is 0 Å². The maximum atomic E-state index is 13.2. The van der Waals surface area contributed by atoms with Crippen LogP contribution in [0.3, 0.4) is 0 Å². The number of fused-ring (bicyclic) bond motifs is 1. The van der Waals surface area contributed by atoms with Gasteiger partial charge in [0.2, 0.25) is 5.91 Å². The van der Waals surface area contributed by atoms with Gasteiger partial charge in [-0.1, -0.05) is 54.1 Å². The van der Waals surface area contributed by atoms with Gasteiger partial charge in [0.15, 0.2) is 0 Å². The van der Waals surface area contributed by atoms with E-state index in [4.69, 9.17) is 0 Å². The van der Waals surface area contributed by atoms with E-state index in [-0.39, 0.29) is 18.1 Å². The monoisotopic (exact) mass is 413 g/mol. The summed E-state index contributed by atoms with van der Waals surface area (Å²) in [4.78, 5) is 12.3. The molecule has 0 spiro atoms. The Morgan fingerprint density at radius 1 is 1.06 bits per heavy atom. The van der Waals surface area contributed by atoms with Crippen LogP contribution < -0.4 is 5.43 Å². The van der Waals surface area contributed by atoms with Gasteiger partial charge in [0.1, 0.15) is 5.82 Å². The molecule has 4 aromatic rings. The second kappa shape index (κ2) is 8.96. The first-order valence-electron chi connectivity index (χ1n) is 10.2. The molecule has 1 N–H and O–H groups in total. The van der Waals surface area contributed by atoms with Crippen LogP contribution >= 0.6 is 0 Å². The van der Waals surface area contributed by atoms with E-state index >= 15 is 0 Å². The molecule has 1 heterocycles. The van der Waals surface area contributed by atoms with Crippen LogP contribution in [-0.2, 0) is 17.8 Å². The number of carbonyl (C=O) groups excluding carboxylic acids is 1. The highest BCUT2D eigenvalue weighted by Crippen LogP contribution is 2.21. The lowest BCUT2D eigenvalue weighted by Crippen LogP contribution is -2.20. The quantitative estimate of drug-likeness (QED) is 0.345. The Bertz CT molecular complexity index is 1260. The largest absolute Gasteiger partial charge is 0.342 e. The Labute approximate surface area is 181 Å². The van der Waals surface area contributed by atoms with Crippen LogP contribution in [0.2, 0.25) is 0 Å². The van der Waals surface area contributed by atoms with E-state index in [1.54, 1.807) is 18.3 Å². The van der Waals surface area contributed by atoms with Crippen molar-refractivity contribution < 1.29 is 9.18 Å². The number of para-hydroxylation sites is 1. The summed E-state index contributed by atoms with van der Waals surface area (Å²) in [5, 5.41) is 5.22. The van der Waals surface area contributed by atoms with E-state index < -0.39 is 0 Å². The summed E-state index contributed by atoms with van der Waals surface area (Å²) in [6.07, 6.45) is 3.95. The number of aryl methyl sites for hydroxylation is 2. The number of benzene rings is 3. The Hall–Kier alpha value is -3.73. The topological polar surface area (TPSA) is 46.4 Å². The fraction of sp³-hybridized carbons (Fsp3) is 0.154. The molecular formula is C26H24FN3O. The minimum atomic E-state index is -0.245. The summed E-state index contributed by atoms with van der Waals surface area (Å²) < 4.78 is 15.3. The second-order valence-corrected chi connectivity index (χ2v) is 7.76. The number of aromatic nitrogens is 1. The van der Waals surface area contributed by atoms with Crippen molar-refractivity contribution >= 4 is 23.0 Å². The van der Waals surface area contributed by atoms with Crippen LogP contribution in [0.1, 0.15) is 27.8 Å². The predicted molar refractivity (Wildman–Crippen MR) is 123 cm³/mol. The van der Waals surface area contributed by atoms with Gasteiger partial charge in [0, 0.05) is 29.2 Å². The van der Waals surface area contributed by atoms with E-state index in [2.05, 4.69) is 21.2 Å². The molecular weight excluding hydrogens is 389 g/mol. The summed E-state index contributed by atoms with van der Waals surface area (Å²) in [5.74, 6) is -0.399. The molecule has 31 heavy (non-hydrogen) atoms. The average molecular weight is 413 g/mol. The second-order valence-electron chi connectivity index (χ2n) is 7.76. The van der Waals surface area contributed by atoms with Crippen molar-refractivity contribution in [2.24, 2.45) is 5.10 Å². The summed E-state index contributed by atoms with van der Waals surface area (Å²) >= 11 is 0. The lowest BCUT2D eigenvalue weighted by atomic mass is 10.0. The smallest absolute Gasteiger partial charge is 0.244 e. The summed E-state index contributed by atoms with van der Waals surface area (Å²) in [6, 6.07) is 20.6. The number of carbonyl (C=O) groups is 1. The third-order valence-corrected chi connectivity index (χ3v) is 5.33. The number of hydrogen-bond acceptors (Lipinski definition) is 2. The van der Waals surface area contributed by atoms with Crippen molar-refractivity contribution in [1.82, 2.24) is 9.99 Å². The molecule has 0 radical (unpaired) electrons. The normalized spacial score (nSPS) is 11.3. The number of rotatable bonds is 6. The van der Waals surface area contributed by atoms with Gasteiger partial charge in [-0.15, -0.1) is 0 Å². The Balaban J connectivity index is 1.49. The van der Waals surface area contributed by atoms with Gasteiger partial charge < -0.3 is 4.57 Å². The van der Waals surface area contributed by atoms with Crippen LogP contribution in [-0.4, -0.2) is 16.7 Å². The number of nitrogens with one attached hydrogen (secondary N) is 1. The SMILES string of the molecule is Cc1ccc(CC(=O)N/N=C/c2cn(Cc3ccc(F)cc3)c3ccccc23)c(C)c1. The summed E-state index contributed by atoms with van der Waals surface area (Å²) in [5.41, 5.74) is 8.87. The lowest BCUT2D eigenvalue weighted by Gasteiger charge is -2.05. The molecule has 1 amide bonds. The van der Waals surface area contributed by atoms with Crippen LogP contribution in [0.4, 0.5) is 4.39 Å². The Morgan fingerprint density at radius 2 is 1.84 bits per heavy atom. The summed E-state index contributed by atoms with van der Waals surface area (Å²) in [7, 11) is 0. The number of nitrogens with zero attached hydrogens (tertiary/aromatic N) is 2. The Kier molecular flexibility index (Phi) is 5.94. The van der Waals surface area contributed by atoms with Gasteiger partial charge in [0.25, 0.3) is 0 Å². The van der Waals surface area contributed by atoms with Gasteiger partial charge in [-0.05, 0) is 48.7 Å². The van der Waals surface area contributed by atoms with Crippen LogP contribution in [0, 0.1) is 19.7 Å². The fourth-order valence-electron chi connectivity index (χ4n) is 3.73. The van der Waals surface area contributed by atoms with Gasteiger partial charge in [-0.25, -0.2) is 9.82 Å². The maximum Gasteiger partial charge on any atom is 0.244 e. The number of hydrazone groups is 1. The molecule has 0 fully saturated rings. The molecule has 1 aromatic heterocycles. The van der Waals surface area contributed by atoms with Crippen molar-refractivity contribution in [2.45, 2.75) is 26.8 Å². The molecule has 0 atom stereocenters. The maximum absolute atomic E-state index is 13.2. The minimum absolute atomic E-state index is 0.154. The van der Waals surface area contributed by atoms with Crippen LogP contribution in [0.5, 0.6) is 0 Å². The molecule has 0 saturated heterocycles. The predicted octanol–water partition coefficient (Wildman–Crippen LogP) is 5.14. The van der Waals surface area contributed by atoms with E-state index in [1.165, 1.54) is 17.7 Å². The van der Waals surface area contributed by atoms with Crippen molar-refractivity contribution in [2.75, 3.05) is 0 Å². The molecule has 0 bridgehead atoms. The van der Waals surface area contributed by atoms with Gasteiger partial charge in [-0.3, -0.25) is 4.79 Å². The van der Waals surface area contributed by atoms with Crippen molar-refractivity contribution in [3.63, 3.8) is 0 Å². The zero-order valence-corrected chi connectivity index (χ0v) is 17.6. The fourth-order valence-corrected chi connectivity index (χ4v) is 3.73. The standard InChI is InChI=1S/C26H24FN3O/c1-18-7-10-21(19(2)13-18)14-26(31)29-28-15-22-17-30(25-6-4-3-5-24(22)25)16-20-8-11-23(27)12-9-20/h3-13,15,17H,14,16H2,1-2H3,(H,29,31)/b28-15+. The molecule has 4 rings (SSSR count). The highest BCUT2D eigenvalue weighted by Gasteiger charge is 2.08. The minimum Gasteiger partial charge on any atom is -0.342 e. The van der Waals surface area contributed by atoms with Gasteiger partial charge >= 0.3 is 0 Å². The Morgan fingerprint density at radius 3 is 2.61 bits per heavy atom. The molecule has 3 aromatic carbocycles. The highest BCUT2D eigenvalue weighted by atomic mass is 19.1. The van der Waals surface area contributed by atoms with E-state index in [1.807, 2.05) is 56.4 Å². The summed E-state index contributed by atoms with van der Waals surface area (Å²) in [6.45, 7) is 4.66. The molecule has 0 aliphatic heterocycles. The number of halogens is 1. The first kappa shape index (κ1) is 20.5. The van der Waals surface area contributed by atoms with E-state index in [0.717, 1.165) is 33.2 Å². The zero-order valence-electron chi connectivity index (χ0n) is 17.6. The van der Waals surface area contributed by atoms with Gasteiger partial charge in [0.05, 0.1) is 12.6 Å². The van der Waals surface area contributed by atoms with Crippen molar-refractivity contribution in [3.05, 3.63) is 107 Å². The third-order valence-electron chi connectivity index (χ3n) is 5.33. The average Bonchev–Trinajstić information content (AvgIpc) is 3.09.